The summed E-state index contributed by atoms with van der Waals surface area (Å²) in [5, 5.41) is 6.95. The van der Waals surface area contributed by atoms with Gasteiger partial charge in [0.15, 0.2) is 0 Å². The van der Waals surface area contributed by atoms with Crippen molar-refractivity contribution < 1.29 is 12.9 Å². The first-order valence-corrected chi connectivity index (χ1v) is 11.6. The molecule has 4 rings (SSSR count). The minimum Gasteiger partial charge on any atom is -0.378 e. The molecule has 10 heteroatoms. The summed E-state index contributed by atoms with van der Waals surface area (Å²) >= 11 is 0. The number of aromatic nitrogens is 3. The van der Waals surface area contributed by atoms with Crippen LogP contribution in [0.5, 0.6) is 0 Å². The summed E-state index contributed by atoms with van der Waals surface area (Å²) in [5.74, 6) is 0.708. The molecular weight excluding hydrogens is 440 g/mol. The van der Waals surface area contributed by atoms with Crippen molar-refractivity contribution in [2.75, 3.05) is 29.0 Å². The third-order valence-electron chi connectivity index (χ3n) is 5.17. The molecule has 0 spiro atoms. The molecule has 0 saturated heterocycles. The van der Waals surface area contributed by atoms with E-state index in [2.05, 4.69) is 25.2 Å². The van der Waals surface area contributed by atoms with E-state index in [1.165, 1.54) is 18.5 Å². The molecule has 0 radical (unpaired) electrons. The van der Waals surface area contributed by atoms with E-state index in [1.807, 2.05) is 49.3 Å². The number of nitrogens with zero attached hydrogens (tertiary/aromatic N) is 4. The van der Waals surface area contributed by atoms with Gasteiger partial charge in [0.1, 0.15) is 12.1 Å². The number of hydrogen-bond donors (Lipinski definition) is 2. The summed E-state index contributed by atoms with van der Waals surface area (Å²) in [6.07, 6.45) is 1.49. The van der Waals surface area contributed by atoms with Crippen LogP contribution in [0.15, 0.2) is 70.3 Å². The molecule has 2 aromatic heterocycles. The smallest absolute Gasteiger partial charge is 0.264 e. The third-order valence-corrected chi connectivity index (χ3v) is 6.51. The summed E-state index contributed by atoms with van der Waals surface area (Å²) in [6.45, 7) is 3.48. The minimum atomic E-state index is -3.81. The molecule has 0 amide bonds. The Balaban J connectivity index is 1.49. The molecule has 0 atom stereocenters. The Morgan fingerprint density at radius 3 is 2.24 bits per heavy atom. The van der Waals surface area contributed by atoms with Crippen LogP contribution in [-0.4, -0.2) is 37.6 Å². The average Bonchev–Trinajstić information content (AvgIpc) is 3.11. The second-order valence-electron chi connectivity index (χ2n) is 7.71. The number of aryl methyl sites for hydroxylation is 1. The number of hydrogen-bond acceptors (Lipinski definition) is 8. The average molecular weight is 465 g/mol. The summed E-state index contributed by atoms with van der Waals surface area (Å²) in [6, 6.07) is 16.3. The van der Waals surface area contributed by atoms with Gasteiger partial charge in [-0.05, 0) is 50.2 Å². The van der Waals surface area contributed by atoms with Gasteiger partial charge in [0.05, 0.1) is 16.3 Å². The van der Waals surface area contributed by atoms with Crippen molar-refractivity contribution in [3.63, 3.8) is 0 Å². The van der Waals surface area contributed by atoms with E-state index in [9.17, 15) is 8.42 Å². The van der Waals surface area contributed by atoms with Gasteiger partial charge < -0.3 is 14.7 Å². The van der Waals surface area contributed by atoms with E-state index < -0.39 is 10.0 Å². The maximum atomic E-state index is 12.7. The van der Waals surface area contributed by atoms with Crippen LogP contribution in [0, 0.1) is 13.8 Å². The Hall–Kier alpha value is -3.92. The van der Waals surface area contributed by atoms with Crippen LogP contribution in [0.4, 0.5) is 23.1 Å². The number of nitrogens with one attached hydrogen (secondary N) is 2. The molecule has 4 aromatic rings. The standard InChI is InChI=1S/C23H24N6O3S/c1-15-16(2)27-32-23(15)28-33(30,31)20-11-7-18(8-12-20)26-22-13-21(24-14-25-22)17-5-9-19(10-6-17)29(3)4/h5-14,28H,1-4H3,(H,24,25,26). The molecule has 0 aliphatic heterocycles. The van der Waals surface area contributed by atoms with Gasteiger partial charge in [0, 0.05) is 42.7 Å². The van der Waals surface area contributed by atoms with Crippen LogP contribution >= 0.6 is 0 Å². The maximum absolute atomic E-state index is 12.7. The highest BCUT2D eigenvalue weighted by Crippen LogP contribution is 2.25. The van der Waals surface area contributed by atoms with E-state index >= 15 is 0 Å². The Morgan fingerprint density at radius 1 is 0.939 bits per heavy atom. The lowest BCUT2D eigenvalue weighted by molar-refractivity contribution is 0.430. The van der Waals surface area contributed by atoms with Gasteiger partial charge in [-0.2, -0.15) is 0 Å². The molecule has 2 N–H and O–H groups in total. The number of anilines is 4. The summed E-state index contributed by atoms with van der Waals surface area (Å²) in [4.78, 5) is 10.8. The minimum absolute atomic E-state index is 0.103. The Bertz CT molecular complexity index is 1360. The fourth-order valence-corrected chi connectivity index (χ4v) is 4.12. The first-order valence-electron chi connectivity index (χ1n) is 10.2. The van der Waals surface area contributed by atoms with E-state index in [4.69, 9.17) is 4.52 Å². The molecule has 33 heavy (non-hydrogen) atoms. The molecular formula is C23H24N6O3S. The molecule has 2 aromatic carbocycles. The monoisotopic (exact) mass is 464 g/mol. The van der Waals surface area contributed by atoms with E-state index in [1.54, 1.807) is 26.0 Å². The predicted octanol–water partition coefficient (Wildman–Crippen LogP) is 4.36. The van der Waals surface area contributed by atoms with Crippen molar-refractivity contribution in [3.05, 3.63) is 72.2 Å². The van der Waals surface area contributed by atoms with Crippen molar-refractivity contribution in [2.45, 2.75) is 18.7 Å². The van der Waals surface area contributed by atoms with Gasteiger partial charge in [0.25, 0.3) is 10.0 Å². The van der Waals surface area contributed by atoms with Crippen molar-refractivity contribution in [2.24, 2.45) is 0 Å². The topological polar surface area (TPSA) is 113 Å². The predicted molar refractivity (Wildman–Crippen MR) is 128 cm³/mol. The van der Waals surface area contributed by atoms with Crippen LogP contribution in [0.25, 0.3) is 11.3 Å². The van der Waals surface area contributed by atoms with Crippen molar-refractivity contribution in [1.82, 2.24) is 15.1 Å². The molecule has 0 aliphatic rings. The number of benzene rings is 2. The zero-order chi connectivity index (χ0) is 23.6. The van der Waals surface area contributed by atoms with E-state index in [0.29, 0.717) is 22.8 Å². The van der Waals surface area contributed by atoms with Gasteiger partial charge >= 0.3 is 0 Å². The fourth-order valence-electron chi connectivity index (χ4n) is 3.07. The molecule has 2 heterocycles. The Morgan fingerprint density at radius 2 is 1.64 bits per heavy atom. The molecule has 0 aliphatic carbocycles. The second kappa shape index (κ2) is 8.91. The van der Waals surface area contributed by atoms with Crippen LogP contribution in [-0.2, 0) is 10.0 Å². The zero-order valence-corrected chi connectivity index (χ0v) is 19.5. The van der Waals surface area contributed by atoms with E-state index in [0.717, 1.165) is 16.9 Å². The van der Waals surface area contributed by atoms with Crippen LogP contribution < -0.4 is 14.9 Å². The molecule has 9 nitrogen and oxygen atoms in total. The Labute approximate surface area is 192 Å². The zero-order valence-electron chi connectivity index (χ0n) is 18.7. The fraction of sp³-hybridized carbons (Fsp3) is 0.174. The van der Waals surface area contributed by atoms with Crippen LogP contribution in [0.1, 0.15) is 11.3 Å². The molecule has 0 fully saturated rings. The highest BCUT2D eigenvalue weighted by atomic mass is 32.2. The molecule has 0 unspecified atom stereocenters. The van der Waals surface area contributed by atoms with Crippen LogP contribution in [0.2, 0.25) is 0 Å². The highest BCUT2D eigenvalue weighted by molar-refractivity contribution is 7.92. The Kier molecular flexibility index (Phi) is 6.01. The third kappa shape index (κ3) is 4.96. The van der Waals surface area contributed by atoms with Gasteiger partial charge in [-0.3, -0.25) is 0 Å². The van der Waals surface area contributed by atoms with Crippen molar-refractivity contribution >= 4 is 33.1 Å². The molecule has 0 bridgehead atoms. The van der Waals surface area contributed by atoms with Gasteiger partial charge in [0.2, 0.25) is 5.88 Å². The first-order chi connectivity index (χ1) is 15.7. The summed E-state index contributed by atoms with van der Waals surface area (Å²) < 4.78 is 32.8. The largest absolute Gasteiger partial charge is 0.378 e. The quantitative estimate of drug-likeness (QED) is 0.415. The lowest BCUT2D eigenvalue weighted by atomic mass is 10.1. The normalized spacial score (nSPS) is 11.3. The van der Waals surface area contributed by atoms with Gasteiger partial charge in [-0.1, -0.05) is 17.3 Å². The first kappa shape index (κ1) is 22.3. The molecule has 170 valence electrons. The number of sulfonamides is 1. The van der Waals surface area contributed by atoms with Crippen LogP contribution in [0.3, 0.4) is 0 Å². The van der Waals surface area contributed by atoms with E-state index in [-0.39, 0.29) is 10.8 Å². The SMILES string of the molecule is Cc1noc(NS(=O)(=O)c2ccc(Nc3cc(-c4ccc(N(C)C)cc4)ncn3)cc2)c1C. The summed E-state index contributed by atoms with van der Waals surface area (Å²) in [7, 11) is 0.176. The maximum Gasteiger partial charge on any atom is 0.264 e. The van der Waals surface area contributed by atoms with Gasteiger partial charge in [-0.15, -0.1) is 0 Å². The highest BCUT2D eigenvalue weighted by Gasteiger charge is 2.19. The van der Waals surface area contributed by atoms with Crippen molar-refractivity contribution in [1.29, 1.82) is 0 Å². The molecule has 0 saturated carbocycles. The van der Waals surface area contributed by atoms with Gasteiger partial charge in [-0.25, -0.2) is 23.1 Å². The lowest BCUT2D eigenvalue weighted by Gasteiger charge is -2.13. The lowest BCUT2D eigenvalue weighted by Crippen LogP contribution is -2.13. The second-order valence-corrected chi connectivity index (χ2v) is 9.39. The summed E-state index contributed by atoms with van der Waals surface area (Å²) in [5.41, 5.74) is 4.81. The number of rotatable bonds is 7. The van der Waals surface area contributed by atoms with Crippen molar-refractivity contribution in [3.8, 4) is 11.3 Å².